The van der Waals surface area contributed by atoms with Gasteiger partial charge in [0.2, 0.25) is 5.91 Å². The van der Waals surface area contributed by atoms with Gasteiger partial charge in [0, 0.05) is 31.2 Å². The van der Waals surface area contributed by atoms with E-state index >= 15 is 0 Å². The van der Waals surface area contributed by atoms with Gasteiger partial charge in [0.15, 0.2) is 0 Å². The number of amides is 1. The maximum atomic E-state index is 10.7. The number of nitrogens with zero attached hydrogens (tertiary/aromatic N) is 1. The number of hydrogen-bond acceptors (Lipinski definition) is 5. The molecule has 134 valence electrons. The first-order chi connectivity index (χ1) is 11.9. The highest BCUT2D eigenvalue weighted by Crippen LogP contribution is 2.23. The average molecular weight is 346 g/mol. The monoisotopic (exact) mass is 346 g/mol. The zero-order chi connectivity index (χ0) is 18.8. The molecule has 2 rings (SSSR count). The van der Waals surface area contributed by atoms with Crippen LogP contribution in [0.5, 0.6) is 11.5 Å². The summed E-state index contributed by atoms with van der Waals surface area (Å²) in [6.07, 6.45) is 0. The van der Waals surface area contributed by atoms with Crippen molar-refractivity contribution in [3.05, 3.63) is 63.7 Å². The van der Waals surface area contributed by atoms with E-state index in [9.17, 15) is 14.9 Å². The topological polar surface area (TPSA) is 90.7 Å². The number of benzene rings is 2. The first kappa shape index (κ1) is 20.0. The summed E-state index contributed by atoms with van der Waals surface area (Å²) in [4.78, 5) is 20.8. The molecule has 0 saturated carbocycles. The zero-order valence-electron chi connectivity index (χ0n) is 14.7. The van der Waals surface area contributed by atoms with Crippen LogP contribution in [0.1, 0.15) is 18.1 Å². The van der Waals surface area contributed by atoms with E-state index in [2.05, 4.69) is 12.2 Å². The second-order valence-corrected chi connectivity index (χ2v) is 5.18. The number of nitro groups is 1. The lowest BCUT2D eigenvalue weighted by Gasteiger charge is -2.08. The Morgan fingerprint density at radius 3 is 2.24 bits per heavy atom. The van der Waals surface area contributed by atoms with E-state index in [1.165, 1.54) is 37.8 Å². The highest BCUT2D eigenvalue weighted by molar-refractivity contribution is 5.72. The van der Waals surface area contributed by atoms with Crippen molar-refractivity contribution >= 4 is 11.6 Å². The second kappa shape index (κ2) is 9.92. The third-order valence-electron chi connectivity index (χ3n) is 3.26. The van der Waals surface area contributed by atoms with Crippen molar-refractivity contribution in [3.8, 4) is 11.5 Å². The maximum Gasteiger partial charge on any atom is 0.270 e. The Morgan fingerprint density at radius 1 is 1.12 bits per heavy atom. The lowest BCUT2D eigenvalue weighted by Crippen LogP contribution is -2.19. The summed E-state index contributed by atoms with van der Waals surface area (Å²) in [7, 11) is 3.14. The van der Waals surface area contributed by atoms with E-state index < -0.39 is 4.92 Å². The first-order valence-corrected chi connectivity index (χ1v) is 7.53. The molecule has 0 aliphatic heterocycles. The van der Waals surface area contributed by atoms with Gasteiger partial charge < -0.3 is 14.8 Å². The van der Waals surface area contributed by atoms with Crippen LogP contribution in [0, 0.1) is 17.0 Å². The van der Waals surface area contributed by atoms with E-state index in [1.54, 1.807) is 7.11 Å². The molecule has 2 aromatic rings. The highest BCUT2D eigenvalue weighted by Gasteiger charge is 2.11. The Morgan fingerprint density at radius 2 is 1.76 bits per heavy atom. The molecule has 0 aliphatic rings. The van der Waals surface area contributed by atoms with Gasteiger partial charge in [-0.15, -0.1) is 0 Å². The summed E-state index contributed by atoms with van der Waals surface area (Å²) in [5.41, 5.74) is 1.81. The van der Waals surface area contributed by atoms with E-state index in [1.807, 2.05) is 24.3 Å². The number of non-ortho nitro benzene ring substituents is 1. The molecule has 0 atom stereocenters. The molecular weight excluding hydrogens is 324 g/mol. The van der Waals surface area contributed by atoms with Crippen LogP contribution in [0.2, 0.25) is 0 Å². The minimum Gasteiger partial charge on any atom is -0.497 e. The fourth-order valence-corrected chi connectivity index (χ4v) is 1.91. The van der Waals surface area contributed by atoms with Crippen molar-refractivity contribution in [2.75, 3.05) is 14.2 Å². The largest absolute Gasteiger partial charge is 0.497 e. The summed E-state index contributed by atoms with van der Waals surface area (Å²) in [5, 5.41) is 13.1. The minimum absolute atomic E-state index is 0.0267. The molecule has 0 bridgehead atoms. The Labute approximate surface area is 146 Å². The molecule has 0 fully saturated rings. The molecular formula is C18H22N2O5. The van der Waals surface area contributed by atoms with Crippen LogP contribution in [0.25, 0.3) is 0 Å². The predicted octanol–water partition coefficient (Wildman–Crippen LogP) is 3.24. The average Bonchev–Trinajstić information content (AvgIpc) is 2.60. The first-order valence-electron chi connectivity index (χ1n) is 7.53. The Hall–Kier alpha value is -3.09. The van der Waals surface area contributed by atoms with Gasteiger partial charge in [0.1, 0.15) is 11.5 Å². The quantitative estimate of drug-likeness (QED) is 0.663. The number of ether oxygens (including phenoxy) is 2. The fourth-order valence-electron chi connectivity index (χ4n) is 1.91. The molecule has 0 spiro atoms. The lowest BCUT2D eigenvalue weighted by atomic mass is 10.1. The third-order valence-corrected chi connectivity index (χ3v) is 3.26. The molecule has 0 heterocycles. The van der Waals surface area contributed by atoms with Gasteiger partial charge in [-0.3, -0.25) is 14.9 Å². The minimum atomic E-state index is -0.489. The van der Waals surface area contributed by atoms with Gasteiger partial charge in [-0.2, -0.15) is 0 Å². The van der Waals surface area contributed by atoms with Crippen LogP contribution in [0.4, 0.5) is 5.69 Å². The summed E-state index contributed by atoms with van der Waals surface area (Å²) in [5.74, 6) is 1.23. The van der Waals surface area contributed by atoms with Crippen molar-refractivity contribution in [1.82, 2.24) is 5.32 Å². The van der Waals surface area contributed by atoms with Gasteiger partial charge in [0.25, 0.3) is 5.69 Å². The lowest BCUT2D eigenvalue weighted by molar-refractivity contribution is -0.384. The van der Waals surface area contributed by atoms with Crippen LogP contribution < -0.4 is 14.8 Å². The van der Waals surface area contributed by atoms with E-state index in [4.69, 9.17) is 9.47 Å². The second-order valence-electron chi connectivity index (χ2n) is 5.18. The molecule has 0 radical (unpaired) electrons. The number of carbonyl (C=O) groups is 1. The summed E-state index contributed by atoms with van der Waals surface area (Å²) >= 11 is 0. The molecule has 0 unspecified atom stereocenters. The van der Waals surface area contributed by atoms with E-state index in [0.717, 1.165) is 5.75 Å². The van der Waals surface area contributed by atoms with Crippen LogP contribution >= 0.6 is 0 Å². The van der Waals surface area contributed by atoms with Crippen molar-refractivity contribution in [2.24, 2.45) is 0 Å². The number of aryl methyl sites for hydroxylation is 1. The van der Waals surface area contributed by atoms with Crippen LogP contribution in [-0.2, 0) is 11.3 Å². The normalized spacial score (nSPS) is 9.44. The molecule has 25 heavy (non-hydrogen) atoms. The summed E-state index contributed by atoms with van der Waals surface area (Å²) in [6.45, 7) is 3.64. The van der Waals surface area contributed by atoms with Gasteiger partial charge in [-0.25, -0.2) is 0 Å². The zero-order valence-corrected chi connectivity index (χ0v) is 14.7. The Bertz CT molecular complexity index is 714. The van der Waals surface area contributed by atoms with E-state index in [0.29, 0.717) is 11.3 Å². The number of methoxy groups -OCH3 is 2. The van der Waals surface area contributed by atoms with Crippen molar-refractivity contribution in [2.45, 2.75) is 20.4 Å². The van der Waals surface area contributed by atoms with Crippen LogP contribution in [0.3, 0.4) is 0 Å². The van der Waals surface area contributed by atoms with Crippen molar-refractivity contribution in [1.29, 1.82) is 0 Å². The van der Waals surface area contributed by atoms with Crippen LogP contribution in [0.15, 0.2) is 42.5 Å². The molecule has 0 saturated heterocycles. The smallest absolute Gasteiger partial charge is 0.270 e. The molecule has 7 heteroatoms. The van der Waals surface area contributed by atoms with Gasteiger partial charge in [0.05, 0.1) is 19.1 Å². The summed E-state index contributed by atoms with van der Waals surface area (Å²) < 4.78 is 10.0. The molecule has 1 N–H and O–H groups in total. The Kier molecular flexibility index (Phi) is 7.92. The molecule has 7 nitrogen and oxygen atoms in total. The van der Waals surface area contributed by atoms with Gasteiger partial charge >= 0.3 is 0 Å². The molecule has 0 aromatic heterocycles. The Balaban J connectivity index is 0.000000293. The number of hydrogen-bond donors (Lipinski definition) is 1. The van der Waals surface area contributed by atoms with Gasteiger partial charge in [-0.05, 0) is 25.1 Å². The standard InChI is InChI=1S/C10H12N2O4.C8H10O/c1-7(13)11-6-8-5-9(12(14)15)3-4-10(8)16-2;1-7-3-5-8(9-2)6-4-7/h3-5H,6H2,1-2H3,(H,11,13);3-6H,1-2H3. The van der Waals surface area contributed by atoms with Crippen molar-refractivity contribution < 1.29 is 19.2 Å². The number of nitro benzene ring substituents is 1. The highest BCUT2D eigenvalue weighted by atomic mass is 16.6. The third kappa shape index (κ3) is 6.90. The van der Waals surface area contributed by atoms with Crippen LogP contribution in [-0.4, -0.2) is 25.1 Å². The van der Waals surface area contributed by atoms with Gasteiger partial charge in [-0.1, -0.05) is 17.7 Å². The fraction of sp³-hybridized carbons (Fsp3) is 0.278. The maximum absolute atomic E-state index is 10.7. The number of nitrogens with one attached hydrogen (secondary N) is 1. The molecule has 1 amide bonds. The van der Waals surface area contributed by atoms with Crippen molar-refractivity contribution in [3.63, 3.8) is 0 Å². The molecule has 2 aromatic carbocycles. The summed E-state index contributed by atoms with van der Waals surface area (Å²) in [6, 6.07) is 12.2. The number of rotatable bonds is 5. The van der Waals surface area contributed by atoms with E-state index in [-0.39, 0.29) is 18.1 Å². The molecule has 0 aliphatic carbocycles. The number of carbonyl (C=O) groups excluding carboxylic acids is 1. The SMILES string of the molecule is COc1ccc(C)cc1.COc1ccc([N+](=O)[O-])cc1CNC(C)=O. The predicted molar refractivity (Wildman–Crippen MR) is 94.9 cm³/mol.